The van der Waals surface area contributed by atoms with Crippen LogP contribution in [-0.2, 0) is 66.4 Å². The molecule has 12 bridgehead atoms. The quantitative estimate of drug-likeness (QED) is 0.100. The second-order valence-electron chi connectivity index (χ2n) is 17.9. The van der Waals surface area contributed by atoms with Gasteiger partial charge in [0.1, 0.15) is 146 Å². The largest absolute Gasteiger partial charge is 0.455 e. The molecule has 71 heavy (non-hydrogen) atoms. The maximum atomic E-state index is 12.8. The van der Waals surface area contributed by atoms with Gasteiger partial charge in [0.25, 0.3) is 0 Å². The second kappa shape index (κ2) is 24.1. The van der Waals surface area contributed by atoms with Crippen molar-refractivity contribution in [3.05, 3.63) is 0 Å². The predicted molar refractivity (Wildman–Crippen MR) is 211 cm³/mol. The van der Waals surface area contributed by atoms with Crippen molar-refractivity contribution in [2.24, 2.45) is 0 Å². The minimum absolute atomic E-state index is 0.980. The Morgan fingerprint density at radius 3 is 0.746 bits per heavy atom. The van der Waals surface area contributed by atoms with E-state index in [9.17, 15) is 96.7 Å². The van der Waals surface area contributed by atoms with Crippen LogP contribution in [-0.4, -0.2) is 328 Å². The van der Waals surface area contributed by atoms with Crippen LogP contribution in [0.3, 0.4) is 0 Å². The molecule has 22 fully saturated rings. The molecule has 22 rings (SSSR count). The fourth-order valence-corrected chi connectivity index (χ4v) is 9.28. The number of hydrogen-bond donors (Lipinski definition) is 18. The molecule has 0 aromatic carbocycles. The molecule has 18 N–H and O–H groups in total. The Kier molecular flexibility index (Phi) is 19.3. The average molecular weight is 1040 g/mol. The van der Waals surface area contributed by atoms with Gasteiger partial charge in [-0.3, -0.25) is 0 Å². The molecule has 31 atom stereocenters. The first-order valence-electron chi connectivity index (χ1n) is 22.6. The van der Waals surface area contributed by atoms with Gasteiger partial charge in [0.2, 0.25) is 0 Å². The van der Waals surface area contributed by atoms with E-state index < -0.39 is 236 Å². The van der Waals surface area contributed by atoms with Crippen molar-refractivity contribution < 1.29 is 158 Å². The fraction of sp³-hybridized carbons (Fsp3) is 0.974. The van der Waals surface area contributed by atoms with Crippen molar-refractivity contribution in [3.63, 3.8) is 0 Å². The van der Waals surface area contributed by atoms with Crippen molar-refractivity contribution >= 4 is 5.97 Å². The summed E-state index contributed by atoms with van der Waals surface area (Å²) in [6, 6.07) is 0. The highest BCUT2D eigenvalue weighted by molar-refractivity contribution is 5.74. The molecule has 1 unspecified atom stereocenters. The van der Waals surface area contributed by atoms with Crippen molar-refractivity contribution in [3.8, 4) is 0 Å². The Morgan fingerprint density at radius 2 is 0.535 bits per heavy atom. The smallest absolute Gasteiger partial charge is 0.335 e. The number of aliphatic hydroxyl groups is 18. The standard InChI is InChI=1S/C39H64O32/c1-8(46)33(58)65-32-25(57)39-64-14(7-45)31(32)71-38-24(56)19(51)29(12(5-43)63-38)69-36-22(54)17(49)27(10(3-41)61-36)67-34-20(52)15(47)26(9(2-40)59-34)66-35-21(53)16(48)28(11(4-42)60-35)68-37-23(55)18(50)30(70-39)13(6-44)62-37/h8-32,34-57H,2-7H2,1H3/t8?,9-,10-,11-,12-,13-,14-,15-,16-,17-,18-,19-,20-,21-,22-,23-,24-,25-,26-,27-,28-,29-,30-,31+,32-,34-,35-,36-,37-,38-,39-/m1/s1. The van der Waals surface area contributed by atoms with Gasteiger partial charge in [0, 0.05) is 0 Å². The Labute approximate surface area is 401 Å². The van der Waals surface area contributed by atoms with Gasteiger partial charge in [-0.15, -0.1) is 0 Å². The molecular formula is C39H64O32. The zero-order valence-electron chi connectivity index (χ0n) is 37.4. The lowest BCUT2D eigenvalue weighted by atomic mass is 9.94. The molecule has 0 aromatic rings. The van der Waals surface area contributed by atoms with E-state index in [4.69, 9.17) is 61.6 Å². The highest BCUT2D eigenvalue weighted by atomic mass is 16.8. The van der Waals surface area contributed by atoms with E-state index in [1.165, 1.54) is 0 Å². The SMILES string of the molecule is CC(O)C(=O)O[C@@H]1[C@@H](O)[C@H]2O[C@H]3[C@H](O)[C@@H](O)[C@@H](O[C@H]4[C@H](O)[C@@H](O)[C@@H](O[C@H]5[C@H](O)[C@@H](O)[C@@H](O[C@H]6[C@H](O)[C@@H](O)[C@@H](O[C@H]7[C@H](O)[C@@H](O)[C@@H](O[C@H]1[C@@H](CO)O2)O[C@@H]7CO)O[C@@H]6CO)O[C@@H]5CO)O[C@@H]4CO)O[C@@H]3CO. The van der Waals surface area contributed by atoms with Crippen molar-refractivity contribution in [1.29, 1.82) is 0 Å². The third-order valence-corrected chi connectivity index (χ3v) is 13.2. The molecule has 0 amide bonds. The summed E-state index contributed by atoms with van der Waals surface area (Å²) in [5, 5.41) is 197. The van der Waals surface area contributed by atoms with Gasteiger partial charge in [0.15, 0.2) is 43.8 Å². The van der Waals surface area contributed by atoms with Gasteiger partial charge in [0.05, 0.1) is 39.6 Å². The van der Waals surface area contributed by atoms with Gasteiger partial charge < -0.3 is 153 Å². The summed E-state index contributed by atoms with van der Waals surface area (Å²) in [5.41, 5.74) is 0. The number of ether oxygens (including phenoxy) is 13. The maximum Gasteiger partial charge on any atom is 0.335 e. The molecule has 22 heterocycles. The van der Waals surface area contributed by atoms with E-state index in [-0.39, 0.29) is 0 Å². The van der Waals surface area contributed by atoms with E-state index in [0.29, 0.717) is 0 Å². The lowest BCUT2D eigenvalue weighted by Gasteiger charge is -2.51. The average Bonchev–Trinajstić information content (AvgIpc) is 3.35. The van der Waals surface area contributed by atoms with Crippen molar-refractivity contribution in [2.75, 3.05) is 39.6 Å². The van der Waals surface area contributed by atoms with E-state index in [0.717, 1.165) is 6.92 Å². The predicted octanol–water partition coefficient (Wildman–Crippen LogP) is -13.1. The molecule has 32 heteroatoms. The van der Waals surface area contributed by atoms with Gasteiger partial charge in [-0.05, 0) is 6.92 Å². The summed E-state index contributed by atoms with van der Waals surface area (Å²) in [5.74, 6) is -1.41. The Hall–Kier alpha value is -1.73. The van der Waals surface area contributed by atoms with Gasteiger partial charge in [-0.25, -0.2) is 4.79 Å². The maximum absolute atomic E-state index is 12.8. The Morgan fingerprint density at radius 1 is 0.338 bits per heavy atom. The lowest BCUT2D eigenvalue weighted by molar-refractivity contribution is -0.404. The minimum Gasteiger partial charge on any atom is -0.455 e. The second-order valence-corrected chi connectivity index (χ2v) is 17.9. The molecule has 0 saturated carbocycles. The minimum atomic E-state index is -2.27. The molecule has 0 aliphatic carbocycles. The summed E-state index contributed by atoms with van der Waals surface area (Å²) < 4.78 is 73.8. The van der Waals surface area contributed by atoms with Crippen LogP contribution in [0.2, 0.25) is 0 Å². The molecule has 22 saturated heterocycles. The molecule has 22 aliphatic heterocycles. The first-order valence-corrected chi connectivity index (χ1v) is 22.6. The van der Waals surface area contributed by atoms with Crippen LogP contribution in [0.1, 0.15) is 6.92 Å². The molecule has 0 radical (unpaired) electrons. The number of hydrogen-bond acceptors (Lipinski definition) is 32. The Bertz CT molecular complexity index is 1670. The first kappa shape index (κ1) is 57.0. The third-order valence-electron chi connectivity index (χ3n) is 13.2. The highest BCUT2D eigenvalue weighted by Gasteiger charge is 2.59. The topological polar surface area (TPSA) is 501 Å². The number of esters is 1. The van der Waals surface area contributed by atoms with Crippen LogP contribution in [0.15, 0.2) is 0 Å². The van der Waals surface area contributed by atoms with Crippen LogP contribution in [0.5, 0.6) is 0 Å². The summed E-state index contributed by atoms with van der Waals surface area (Å²) in [6.45, 7) is -5.30. The fourth-order valence-electron chi connectivity index (χ4n) is 9.28. The number of carbonyl (C=O) groups excluding carboxylic acids is 1. The third kappa shape index (κ3) is 11.4. The number of aliphatic hydroxyl groups excluding tert-OH is 18. The normalized spacial score (nSPS) is 52.7. The first-order chi connectivity index (χ1) is 33.7. The summed E-state index contributed by atoms with van der Waals surface area (Å²) in [4.78, 5) is 12.8. The van der Waals surface area contributed by atoms with Crippen LogP contribution in [0.25, 0.3) is 0 Å². The van der Waals surface area contributed by atoms with E-state index in [1.54, 1.807) is 0 Å². The molecule has 0 aromatic heterocycles. The zero-order chi connectivity index (χ0) is 51.9. The molecular weight excluding hydrogens is 980 g/mol. The van der Waals surface area contributed by atoms with Crippen molar-refractivity contribution in [2.45, 2.75) is 197 Å². The highest BCUT2D eigenvalue weighted by Crippen LogP contribution is 2.38. The summed E-state index contributed by atoms with van der Waals surface area (Å²) in [6.07, 6.45) is -62.1. The van der Waals surface area contributed by atoms with Crippen LogP contribution in [0.4, 0.5) is 0 Å². The van der Waals surface area contributed by atoms with E-state index in [1.807, 2.05) is 0 Å². The molecule has 412 valence electrons. The number of rotatable bonds is 8. The van der Waals surface area contributed by atoms with Gasteiger partial charge in [-0.2, -0.15) is 0 Å². The number of carbonyl (C=O) groups is 1. The lowest BCUT2D eigenvalue weighted by Crippen LogP contribution is -2.69. The summed E-state index contributed by atoms with van der Waals surface area (Å²) >= 11 is 0. The van der Waals surface area contributed by atoms with Crippen LogP contribution >= 0.6 is 0 Å². The zero-order valence-corrected chi connectivity index (χ0v) is 37.4. The van der Waals surface area contributed by atoms with E-state index >= 15 is 0 Å². The van der Waals surface area contributed by atoms with Gasteiger partial charge >= 0.3 is 5.97 Å². The van der Waals surface area contributed by atoms with Crippen molar-refractivity contribution in [1.82, 2.24) is 0 Å². The van der Waals surface area contributed by atoms with E-state index in [2.05, 4.69) is 0 Å². The molecule has 22 aliphatic rings. The monoisotopic (exact) mass is 1040 g/mol. The molecule has 32 nitrogen and oxygen atoms in total. The van der Waals surface area contributed by atoms with Gasteiger partial charge in [-0.1, -0.05) is 0 Å². The Balaban J connectivity index is 1.23. The summed E-state index contributed by atoms with van der Waals surface area (Å²) in [7, 11) is 0. The van der Waals surface area contributed by atoms with Crippen LogP contribution in [0, 0.1) is 0 Å². The van der Waals surface area contributed by atoms with Crippen LogP contribution < -0.4 is 0 Å². The molecule has 0 spiro atoms.